The first-order chi connectivity index (χ1) is 12.2. The molecule has 0 fully saturated rings. The highest BCUT2D eigenvalue weighted by molar-refractivity contribution is 5.81. The number of fused-ring (bicyclic) bond motifs is 1. The van der Waals surface area contributed by atoms with E-state index in [-0.39, 0.29) is 0 Å². The molecule has 1 aromatic carbocycles. The van der Waals surface area contributed by atoms with E-state index in [2.05, 4.69) is 21.1 Å². The molecule has 6 nitrogen and oxygen atoms in total. The van der Waals surface area contributed by atoms with E-state index < -0.39 is 0 Å². The molecule has 1 aliphatic heterocycles. The number of H-pyrrole nitrogens is 1. The number of nitrogens with zero attached hydrogens (tertiary/aromatic N) is 4. The van der Waals surface area contributed by atoms with Crippen LogP contribution in [0.5, 0.6) is 5.75 Å². The van der Waals surface area contributed by atoms with Gasteiger partial charge in [-0.05, 0) is 31.5 Å². The average Bonchev–Trinajstić information content (AvgIpc) is 3.01. The van der Waals surface area contributed by atoms with Crippen LogP contribution in [0.25, 0.3) is 22.4 Å². The Balaban J connectivity index is 1.83. The first-order valence-corrected chi connectivity index (χ1v) is 8.16. The second-order valence-corrected chi connectivity index (χ2v) is 5.97. The number of ether oxygens (including phenoxy) is 1. The fraction of sp³-hybridized carbons (Fsp3) is 0.211. The summed E-state index contributed by atoms with van der Waals surface area (Å²) in [7, 11) is 1.67. The summed E-state index contributed by atoms with van der Waals surface area (Å²) in [5.41, 5.74) is 6.32. The Morgan fingerprint density at radius 3 is 2.84 bits per heavy atom. The van der Waals surface area contributed by atoms with Crippen LogP contribution in [0, 0.1) is 13.8 Å². The molecule has 0 atom stereocenters. The lowest BCUT2D eigenvalue weighted by molar-refractivity contribution is 0.416. The average molecular weight is 333 g/mol. The smallest absolute Gasteiger partial charge is 0.156 e. The molecule has 0 saturated heterocycles. The van der Waals surface area contributed by atoms with Crippen molar-refractivity contribution in [1.82, 2.24) is 15.0 Å². The molecule has 6 heteroatoms. The molecule has 1 aliphatic rings. The zero-order chi connectivity index (χ0) is 17.4. The van der Waals surface area contributed by atoms with Gasteiger partial charge in [-0.3, -0.25) is 0 Å². The summed E-state index contributed by atoms with van der Waals surface area (Å²) in [5.74, 6) is 0.747. The highest BCUT2D eigenvalue weighted by atomic mass is 16.5. The minimum Gasteiger partial charge on any atom is -0.496 e. The van der Waals surface area contributed by atoms with Gasteiger partial charge in [-0.25, -0.2) is 15.0 Å². The Morgan fingerprint density at radius 2 is 2.08 bits per heavy atom. The third kappa shape index (κ3) is 2.65. The van der Waals surface area contributed by atoms with Gasteiger partial charge in [0.25, 0.3) is 0 Å². The number of nitrogens with one attached hydrogen (secondary N) is 1. The third-order valence-corrected chi connectivity index (χ3v) is 4.27. The molecule has 4 rings (SSSR count). The maximum absolute atomic E-state index is 5.63. The van der Waals surface area contributed by atoms with Crippen LogP contribution in [0.1, 0.15) is 17.7 Å². The van der Waals surface area contributed by atoms with Crippen LogP contribution in [0.3, 0.4) is 0 Å². The van der Waals surface area contributed by atoms with Gasteiger partial charge in [0.05, 0.1) is 24.2 Å². The van der Waals surface area contributed by atoms with Crippen molar-refractivity contribution in [2.45, 2.75) is 20.3 Å². The number of hydrazone groups is 1. The van der Waals surface area contributed by atoms with Crippen molar-refractivity contribution in [3.8, 4) is 17.0 Å². The summed E-state index contributed by atoms with van der Waals surface area (Å²) >= 11 is 0. The SMILES string of the molecule is COc1cc(N2C=CCC=N2)ccc1-c1nc2c(C)c[nH]c2nc1C. The molecular weight excluding hydrogens is 314 g/mol. The fourth-order valence-electron chi connectivity index (χ4n) is 2.96. The predicted octanol–water partition coefficient (Wildman–Crippen LogP) is 3.96. The summed E-state index contributed by atoms with van der Waals surface area (Å²) < 4.78 is 5.63. The molecule has 0 amide bonds. The van der Waals surface area contributed by atoms with E-state index in [4.69, 9.17) is 9.72 Å². The number of anilines is 1. The van der Waals surface area contributed by atoms with Crippen molar-refractivity contribution in [1.29, 1.82) is 0 Å². The van der Waals surface area contributed by atoms with Gasteiger partial charge in [-0.1, -0.05) is 6.08 Å². The maximum Gasteiger partial charge on any atom is 0.156 e. The first-order valence-electron chi connectivity index (χ1n) is 8.16. The standard InChI is InChI=1S/C19H19N5O/c1-12-11-20-19-17(12)23-18(13(2)22-19)15-7-6-14(10-16(15)25-3)24-9-5-4-8-21-24/h5-11H,4H2,1-3H3,(H,20,22). The van der Waals surface area contributed by atoms with E-state index in [9.17, 15) is 0 Å². The normalized spacial score (nSPS) is 13.6. The van der Waals surface area contributed by atoms with E-state index in [0.717, 1.165) is 51.5 Å². The van der Waals surface area contributed by atoms with E-state index >= 15 is 0 Å². The van der Waals surface area contributed by atoms with E-state index in [1.54, 1.807) is 7.11 Å². The lowest BCUT2D eigenvalue weighted by Crippen LogP contribution is -2.10. The molecule has 0 aliphatic carbocycles. The minimum absolute atomic E-state index is 0.747. The highest BCUT2D eigenvalue weighted by Crippen LogP contribution is 2.35. The van der Waals surface area contributed by atoms with E-state index in [0.29, 0.717) is 0 Å². The molecule has 25 heavy (non-hydrogen) atoms. The van der Waals surface area contributed by atoms with Crippen LogP contribution in [0.4, 0.5) is 5.69 Å². The van der Waals surface area contributed by atoms with Crippen molar-refractivity contribution in [2.24, 2.45) is 5.10 Å². The highest BCUT2D eigenvalue weighted by Gasteiger charge is 2.16. The van der Waals surface area contributed by atoms with Crippen molar-refractivity contribution in [2.75, 3.05) is 12.1 Å². The fourth-order valence-corrected chi connectivity index (χ4v) is 2.96. The van der Waals surface area contributed by atoms with Gasteiger partial charge in [0.15, 0.2) is 5.65 Å². The minimum atomic E-state index is 0.747. The molecule has 0 radical (unpaired) electrons. The summed E-state index contributed by atoms with van der Waals surface area (Å²) in [6.45, 7) is 3.98. The number of aromatic amines is 1. The van der Waals surface area contributed by atoms with Crippen molar-refractivity contribution >= 4 is 23.1 Å². The van der Waals surface area contributed by atoms with Crippen LogP contribution in [0.15, 0.2) is 41.8 Å². The molecule has 1 N–H and O–H groups in total. The van der Waals surface area contributed by atoms with E-state index in [1.165, 1.54) is 0 Å². The molecule has 0 unspecified atom stereocenters. The zero-order valence-corrected chi connectivity index (χ0v) is 14.4. The van der Waals surface area contributed by atoms with Crippen LogP contribution >= 0.6 is 0 Å². The van der Waals surface area contributed by atoms with Crippen LogP contribution in [-0.4, -0.2) is 28.3 Å². The number of hydrogen-bond donors (Lipinski definition) is 1. The summed E-state index contributed by atoms with van der Waals surface area (Å²) in [4.78, 5) is 12.6. The third-order valence-electron chi connectivity index (χ3n) is 4.27. The van der Waals surface area contributed by atoms with Gasteiger partial charge >= 0.3 is 0 Å². The maximum atomic E-state index is 5.63. The Labute approximate surface area is 145 Å². The number of aromatic nitrogens is 3. The second kappa shape index (κ2) is 6.05. The van der Waals surface area contributed by atoms with Gasteiger partial charge in [-0.2, -0.15) is 5.10 Å². The van der Waals surface area contributed by atoms with Crippen molar-refractivity contribution < 1.29 is 4.74 Å². The molecule has 3 heterocycles. The number of allylic oxidation sites excluding steroid dienone is 1. The van der Waals surface area contributed by atoms with Gasteiger partial charge < -0.3 is 9.72 Å². The molecule has 2 aromatic heterocycles. The van der Waals surface area contributed by atoms with Crippen molar-refractivity contribution in [3.05, 3.63) is 47.9 Å². The Bertz CT molecular complexity index is 990. The van der Waals surface area contributed by atoms with Crippen LogP contribution < -0.4 is 9.75 Å². The monoisotopic (exact) mass is 333 g/mol. The number of benzene rings is 1. The molecule has 0 saturated carbocycles. The lowest BCUT2D eigenvalue weighted by atomic mass is 10.1. The molecule has 0 bridgehead atoms. The molecule has 126 valence electrons. The number of rotatable bonds is 3. The van der Waals surface area contributed by atoms with Gasteiger partial charge in [-0.15, -0.1) is 0 Å². The van der Waals surface area contributed by atoms with Crippen molar-refractivity contribution in [3.63, 3.8) is 0 Å². The molecule has 0 spiro atoms. The van der Waals surface area contributed by atoms with Crippen LogP contribution in [-0.2, 0) is 0 Å². The summed E-state index contributed by atoms with van der Waals surface area (Å²) in [6.07, 6.45) is 8.67. The van der Waals surface area contributed by atoms with Gasteiger partial charge in [0.1, 0.15) is 11.3 Å². The number of aryl methyl sites for hydroxylation is 2. The predicted molar refractivity (Wildman–Crippen MR) is 100 cm³/mol. The topological polar surface area (TPSA) is 66.4 Å². The largest absolute Gasteiger partial charge is 0.496 e. The van der Waals surface area contributed by atoms with Gasteiger partial charge in [0, 0.05) is 36.7 Å². The summed E-state index contributed by atoms with van der Waals surface area (Å²) in [5, 5.41) is 6.20. The van der Waals surface area contributed by atoms with E-state index in [1.807, 2.05) is 55.7 Å². The number of methoxy groups -OCH3 is 1. The van der Waals surface area contributed by atoms with Gasteiger partial charge in [0.2, 0.25) is 0 Å². The lowest BCUT2D eigenvalue weighted by Gasteiger charge is -2.19. The Kier molecular flexibility index (Phi) is 3.72. The summed E-state index contributed by atoms with van der Waals surface area (Å²) in [6, 6.07) is 5.99. The first kappa shape index (κ1) is 15.4. The second-order valence-electron chi connectivity index (χ2n) is 5.97. The Hall–Kier alpha value is -3.15. The quantitative estimate of drug-likeness (QED) is 0.788. The van der Waals surface area contributed by atoms with Crippen LogP contribution in [0.2, 0.25) is 0 Å². The molecular formula is C19H19N5O. The number of hydrogen-bond acceptors (Lipinski definition) is 5. The Morgan fingerprint density at radius 1 is 1.20 bits per heavy atom. The molecule has 3 aromatic rings. The zero-order valence-electron chi connectivity index (χ0n) is 14.4.